The van der Waals surface area contributed by atoms with Gasteiger partial charge in [-0.2, -0.15) is 5.10 Å². The summed E-state index contributed by atoms with van der Waals surface area (Å²) in [6.07, 6.45) is 3.65. The van der Waals surface area contributed by atoms with Gasteiger partial charge in [0.1, 0.15) is 0 Å². The second kappa shape index (κ2) is 5.32. The number of amides is 1. The van der Waals surface area contributed by atoms with Gasteiger partial charge in [0, 0.05) is 5.69 Å². The van der Waals surface area contributed by atoms with Crippen molar-refractivity contribution in [2.75, 3.05) is 4.90 Å². The fraction of sp³-hybridized carbons (Fsp3) is 0.143. The fourth-order valence-electron chi connectivity index (χ4n) is 2.32. The predicted molar refractivity (Wildman–Crippen MR) is 82.8 cm³/mol. The molecule has 0 atom stereocenters. The number of anilines is 1. The molecule has 2 aromatic heterocycles. The zero-order valence-corrected chi connectivity index (χ0v) is 11.9. The Morgan fingerprint density at radius 2 is 2.27 bits per heavy atom. The number of benzene rings is 1. The summed E-state index contributed by atoms with van der Waals surface area (Å²) in [6.45, 7) is 1.92. The van der Waals surface area contributed by atoms with Crippen LogP contribution in [0.4, 0.5) is 5.69 Å². The molecular weight excluding hydrogens is 282 g/mol. The molecule has 0 saturated heterocycles. The Bertz CT molecular complexity index is 848. The molecule has 0 spiro atoms. The molecule has 22 heavy (non-hydrogen) atoms. The number of imidazole rings is 1. The molecule has 0 bridgehead atoms. The lowest BCUT2D eigenvalue weighted by atomic mass is 10.1. The number of nitrogens with two attached hydrogens (primary N) is 1. The van der Waals surface area contributed by atoms with E-state index in [2.05, 4.69) is 20.2 Å². The number of carbonyl (C=O) groups is 1. The highest BCUT2D eigenvalue weighted by atomic mass is 16.2. The summed E-state index contributed by atoms with van der Waals surface area (Å²) in [7, 11) is 0. The molecular formula is C14H15N7O. The van der Waals surface area contributed by atoms with Crippen LogP contribution in [0.15, 0.2) is 30.7 Å². The largest absolute Gasteiger partial charge is 0.369 e. The Morgan fingerprint density at radius 1 is 1.45 bits per heavy atom. The molecule has 0 aliphatic heterocycles. The molecule has 0 saturated carbocycles. The molecule has 5 N–H and O–H groups in total. The van der Waals surface area contributed by atoms with Crippen LogP contribution in [0.2, 0.25) is 0 Å². The number of aromatic nitrogens is 4. The number of H-pyrrole nitrogens is 2. The van der Waals surface area contributed by atoms with Gasteiger partial charge in [-0.05, 0) is 24.6 Å². The van der Waals surface area contributed by atoms with Crippen LogP contribution in [0, 0.1) is 5.41 Å². The standard InChI is InChI=1S/C14H15N7O/c1-2-10-9(6-19-20-10)13(22)21(14(15)16)8-3-4-11-12(5-8)18-7-17-11/h3-7H,2H2,1H3,(H3,15,16)(H,17,18)(H,19,20). The highest BCUT2D eigenvalue weighted by molar-refractivity contribution is 6.21. The minimum Gasteiger partial charge on any atom is -0.369 e. The van der Waals surface area contributed by atoms with E-state index in [9.17, 15) is 4.79 Å². The molecule has 1 aromatic carbocycles. The molecule has 2 heterocycles. The molecule has 112 valence electrons. The van der Waals surface area contributed by atoms with Crippen molar-refractivity contribution < 1.29 is 4.79 Å². The van der Waals surface area contributed by atoms with Crippen molar-refractivity contribution in [3.05, 3.63) is 42.0 Å². The second-order valence-electron chi connectivity index (χ2n) is 4.75. The minimum absolute atomic E-state index is 0.355. The van der Waals surface area contributed by atoms with Gasteiger partial charge >= 0.3 is 0 Å². The first kappa shape index (κ1) is 13.8. The Balaban J connectivity index is 2.05. The SMILES string of the molecule is CCc1[nH]ncc1C(=O)N(C(=N)N)c1ccc2nc[nH]c2c1. The number of hydrogen-bond acceptors (Lipinski definition) is 4. The lowest BCUT2D eigenvalue weighted by Gasteiger charge is -2.20. The van der Waals surface area contributed by atoms with Gasteiger partial charge in [-0.25, -0.2) is 9.88 Å². The third-order valence-corrected chi connectivity index (χ3v) is 3.41. The number of nitrogens with zero attached hydrogens (tertiary/aromatic N) is 3. The molecule has 0 aliphatic rings. The number of hydrogen-bond donors (Lipinski definition) is 4. The molecule has 0 fully saturated rings. The van der Waals surface area contributed by atoms with Gasteiger partial charge in [0.15, 0.2) is 5.96 Å². The van der Waals surface area contributed by atoms with E-state index in [0.29, 0.717) is 23.4 Å². The minimum atomic E-state index is -0.392. The molecule has 0 radical (unpaired) electrons. The van der Waals surface area contributed by atoms with Crippen molar-refractivity contribution in [1.82, 2.24) is 20.2 Å². The van der Waals surface area contributed by atoms with E-state index < -0.39 is 5.91 Å². The summed E-state index contributed by atoms with van der Waals surface area (Å²) in [6, 6.07) is 5.20. The third kappa shape index (κ3) is 2.20. The zero-order valence-electron chi connectivity index (χ0n) is 11.9. The summed E-state index contributed by atoms with van der Waals surface area (Å²) < 4.78 is 0. The van der Waals surface area contributed by atoms with Crippen LogP contribution in [0.1, 0.15) is 23.0 Å². The monoisotopic (exact) mass is 297 g/mol. The van der Waals surface area contributed by atoms with Crippen molar-refractivity contribution in [2.45, 2.75) is 13.3 Å². The molecule has 0 unspecified atom stereocenters. The first-order valence-corrected chi connectivity index (χ1v) is 6.75. The number of nitrogens with one attached hydrogen (secondary N) is 3. The Morgan fingerprint density at radius 3 is 3.00 bits per heavy atom. The molecule has 1 amide bonds. The summed E-state index contributed by atoms with van der Waals surface area (Å²) in [5, 5.41) is 14.4. The average Bonchev–Trinajstić information content (AvgIpc) is 3.15. The van der Waals surface area contributed by atoms with Crippen LogP contribution in [0.5, 0.6) is 0 Å². The van der Waals surface area contributed by atoms with E-state index in [4.69, 9.17) is 11.1 Å². The summed E-state index contributed by atoms with van der Waals surface area (Å²) in [5.41, 5.74) is 8.77. The van der Waals surface area contributed by atoms with Gasteiger partial charge < -0.3 is 10.7 Å². The zero-order chi connectivity index (χ0) is 15.7. The topological polar surface area (TPSA) is 128 Å². The van der Waals surface area contributed by atoms with Crippen molar-refractivity contribution >= 4 is 28.6 Å². The summed E-state index contributed by atoms with van der Waals surface area (Å²) in [4.78, 5) is 21.0. The quantitative estimate of drug-likeness (QED) is 0.430. The maximum atomic E-state index is 12.7. The second-order valence-corrected chi connectivity index (χ2v) is 4.75. The normalized spacial score (nSPS) is 10.8. The number of carbonyl (C=O) groups excluding carboxylic acids is 1. The van der Waals surface area contributed by atoms with Crippen molar-refractivity contribution in [1.29, 1.82) is 5.41 Å². The number of guanidine groups is 1. The van der Waals surface area contributed by atoms with Crippen LogP contribution in [0.25, 0.3) is 11.0 Å². The highest BCUT2D eigenvalue weighted by Gasteiger charge is 2.24. The van der Waals surface area contributed by atoms with Gasteiger partial charge in [-0.3, -0.25) is 15.3 Å². The van der Waals surface area contributed by atoms with Gasteiger partial charge in [0.25, 0.3) is 5.91 Å². The van der Waals surface area contributed by atoms with Gasteiger partial charge in [0.05, 0.1) is 34.8 Å². The van der Waals surface area contributed by atoms with Gasteiger partial charge in [-0.1, -0.05) is 6.92 Å². The smallest absolute Gasteiger partial charge is 0.268 e. The maximum Gasteiger partial charge on any atom is 0.268 e. The number of aromatic amines is 2. The average molecular weight is 297 g/mol. The summed E-state index contributed by atoms with van der Waals surface area (Å²) in [5.74, 6) is -0.746. The molecule has 8 heteroatoms. The Kier molecular flexibility index (Phi) is 3.34. The maximum absolute atomic E-state index is 12.7. The predicted octanol–water partition coefficient (Wildman–Crippen LogP) is 1.39. The van der Waals surface area contributed by atoms with Gasteiger partial charge in [-0.15, -0.1) is 0 Å². The third-order valence-electron chi connectivity index (χ3n) is 3.41. The molecule has 3 aromatic rings. The fourth-order valence-corrected chi connectivity index (χ4v) is 2.32. The van der Waals surface area contributed by atoms with Crippen LogP contribution in [0.3, 0.4) is 0 Å². The number of rotatable bonds is 3. The van der Waals surface area contributed by atoms with E-state index in [0.717, 1.165) is 15.9 Å². The van der Waals surface area contributed by atoms with E-state index in [-0.39, 0.29) is 5.96 Å². The lowest BCUT2D eigenvalue weighted by molar-refractivity contribution is 0.100. The van der Waals surface area contributed by atoms with Crippen LogP contribution in [-0.2, 0) is 6.42 Å². The number of aryl methyl sites for hydroxylation is 1. The van der Waals surface area contributed by atoms with E-state index in [1.54, 1.807) is 24.5 Å². The summed E-state index contributed by atoms with van der Waals surface area (Å²) >= 11 is 0. The van der Waals surface area contributed by atoms with E-state index >= 15 is 0 Å². The van der Waals surface area contributed by atoms with Crippen molar-refractivity contribution in [3.8, 4) is 0 Å². The van der Waals surface area contributed by atoms with Crippen LogP contribution in [-0.4, -0.2) is 32.0 Å². The van der Waals surface area contributed by atoms with Gasteiger partial charge in [0.2, 0.25) is 0 Å². The Hall–Kier alpha value is -3.16. The first-order valence-electron chi connectivity index (χ1n) is 6.75. The van der Waals surface area contributed by atoms with Crippen molar-refractivity contribution in [3.63, 3.8) is 0 Å². The Labute approximate surface area is 125 Å². The van der Waals surface area contributed by atoms with E-state index in [1.165, 1.54) is 6.20 Å². The molecule has 0 aliphatic carbocycles. The van der Waals surface area contributed by atoms with Crippen LogP contribution < -0.4 is 10.6 Å². The first-order chi connectivity index (χ1) is 10.6. The molecule has 3 rings (SSSR count). The number of fused-ring (bicyclic) bond motifs is 1. The lowest BCUT2D eigenvalue weighted by Crippen LogP contribution is -2.41. The highest BCUT2D eigenvalue weighted by Crippen LogP contribution is 2.22. The van der Waals surface area contributed by atoms with E-state index in [1.807, 2.05) is 6.92 Å². The van der Waals surface area contributed by atoms with Crippen LogP contribution >= 0.6 is 0 Å². The van der Waals surface area contributed by atoms with Crippen molar-refractivity contribution in [2.24, 2.45) is 5.73 Å². The molecule has 8 nitrogen and oxygen atoms in total.